The zero-order valence-electron chi connectivity index (χ0n) is 17.2. The van der Waals surface area contributed by atoms with E-state index in [2.05, 4.69) is 5.32 Å². The van der Waals surface area contributed by atoms with Crippen LogP contribution in [0.1, 0.15) is 34.0 Å². The Kier molecular flexibility index (Phi) is 5.55. The number of para-hydroxylation sites is 1. The highest BCUT2D eigenvalue weighted by atomic mass is 16.5. The van der Waals surface area contributed by atoms with Crippen molar-refractivity contribution in [1.82, 2.24) is 4.57 Å². The zero-order valence-corrected chi connectivity index (χ0v) is 17.2. The number of primary amides is 1. The van der Waals surface area contributed by atoms with Gasteiger partial charge in [-0.15, -0.1) is 0 Å². The number of aromatic nitrogens is 1. The van der Waals surface area contributed by atoms with Crippen LogP contribution in [0.25, 0.3) is 5.69 Å². The molecule has 0 spiro atoms. The molecule has 0 saturated carbocycles. The van der Waals surface area contributed by atoms with Gasteiger partial charge in [-0.05, 0) is 29.8 Å². The second-order valence-electron chi connectivity index (χ2n) is 7.28. The Morgan fingerprint density at radius 1 is 1.19 bits per heavy atom. The first-order valence-corrected chi connectivity index (χ1v) is 9.82. The van der Waals surface area contributed by atoms with Gasteiger partial charge in [-0.2, -0.15) is 0 Å². The van der Waals surface area contributed by atoms with Crippen LogP contribution in [0.15, 0.2) is 54.7 Å². The number of methoxy groups -OCH3 is 1. The molecule has 0 aliphatic carbocycles. The minimum absolute atomic E-state index is 0.00952. The summed E-state index contributed by atoms with van der Waals surface area (Å²) in [5.74, 6) is -1.78. The molecule has 164 valence electrons. The first-order valence-electron chi connectivity index (χ1n) is 9.82. The van der Waals surface area contributed by atoms with E-state index in [0.717, 1.165) is 11.3 Å². The van der Waals surface area contributed by atoms with Gasteiger partial charge >= 0.3 is 5.97 Å². The van der Waals surface area contributed by atoms with E-state index in [4.69, 9.17) is 15.2 Å². The number of aromatic carboxylic acids is 1. The summed E-state index contributed by atoms with van der Waals surface area (Å²) in [6, 6.07) is 14.4. The number of amides is 2. The smallest absolute Gasteiger partial charge is 0.339 e. The Hall–Kier alpha value is -4.27. The molecule has 4 N–H and O–H groups in total. The molecule has 3 aromatic rings. The van der Waals surface area contributed by atoms with E-state index in [9.17, 15) is 19.5 Å². The summed E-state index contributed by atoms with van der Waals surface area (Å²) in [7, 11) is 1.46. The van der Waals surface area contributed by atoms with Crippen LogP contribution in [-0.2, 0) is 9.59 Å². The Bertz CT molecular complexity index is 1200. The van der Waals surface area contributed by atoms with Crippen molar-refractivity contribution in [3.63, 3.8) is 0 Å². The number of hydrogen-bond acceptors (Lipinski definition) is 5. The third-order valence-corrected chi connectivity index (χ3v) is 5.25. The summed E-state index contributed by atoms with van der Waals surface area (Å²) in [5.41, 5.74) is 7.58. The summed E-state index contributed by atoms with van der Waals surface area (Å²) in [6.45, 7) is -0.301. The molecule has 1 aromatic heterocycles. The number of rotatable bonds is 7. The summed E-state index contributed by atoms with van der Waals surface area (Å²) >= 11 is 0. The Morgan fingerprint density at radius 3 is 2.59 bits per heavy atom. The lowest BCUT2D eigenvalue weighted by atomic mass is 9.88. The maximum absolute atomic E-state index is 12.5. The summed E-state index contributed by atoms with van der Waals surface area (Å²) in [6.07, 6.45) is 1.63. The molecule has 0 saturated heterocycles. The molecule has 2 heterocycles. The van der Waals surface area contributed by atoms with E-state index >= 15 is 0 Å². The van der Waals surface area contributed by atoms with Gasteiger partial charge in [0.15, 0.2) is 18.1 Å². The molecule has 1 atom stereocenters. The van der Waals surface area contributed by atoms with E-state index in [1.54, 1.807) is 22.8 Å². The average molecular weight is 435 g/mol. The molecular weight excluding hydrogens is 414 g/mol. The normalized spacial score (nSPS) is 14.9. The Morgan fingerprint density at radius 2 is 1.94 bits per heavy atom. The van der Waals surface area contributed by atoms with Gasteiger partial charge in [-0.25, -0.2) is 4.79 Å². The molecule has 0 fully saturated rings. The number of carbonyl (C=O) groups is 3. The second kappa shape index (κ2) is 8.46. The van der Waals surface area contributed by atoms with E-state index in [1.165, 1.54) is 13.3 Å². The second-order valence-corrected chi connectivity index (χ2v) is 7.28. The minimum Gasteiger partial charge on any atom is -0.493 e. The molecule has 32 heavy (non-hydrogen) atoms. The molecule has 2 aromatic carbocycles. The number of carboxylic acid groups (broad SMARTS) is 1. The van der Waals surface area contributed by atoms with Crippen molar-refractivity contribution in [3.05, 3.63) is 71.5 Å². The number of benzene rings is 2. The first-order chi connectivity index (χ1) is 15.4. The largest absolute Gasteiger partial charge is 0.493 e. The van der Waals surface area contributed by atoms with Gasteiger partial charge in [-0.1, -0.05) is 24.3 Å². The molecule has 0 unspecified atom stereocenters. The van der Waals surface area contributed by atoms with E-state index < -0.39 is 17.8 Å². The van der Waals surface area contributed by atoms with Crippen LogP contribution in [0, 0.1) is 0 Å². The van der Waals surface area contributed by atoms with Gasteiger partial charge in [0, 0.05) is 24.2 Å². The topological polar surface area (TPSA) is 133 Å². The monoisotopic (exact) mass is 435 g/mol. The van der Waals surface area contributed by atoms with Gasteiger partial charge in [0.2, 0.25) is 5.91 Å². The Balaban J connectivity index is 1.85. The van der Waals surface area contributed by atoms with Crippen LogP contribution in [0.5, 0.6) is 11.5 Å². The first kappa shape index (κ1) is 21.0. The number of nitrogens with one attached hydrogen (secondary N) is 1. The van der Waals surface area contributed by atoms with E-state index in [0.29, 0.717) is 17.2 Å². The fourth-order valence-electron chi connectivity index (χ4n) is 3.88. The summed E-state index contributed by atoms with van der Waals surface area (Å²) in [4.78, 5) is 35.5. The molecule has 1 aliphatic heterocycles. The summed E-state index contributed by atoms with van der Waals surface area (Å²) in [5, 5.41) is 12.5. The summed E-state index contributed by atoms with van der Waals surface area (Å²) < 4.78 is 12.6. The number of nitrogens with zero attached hydrogens (tertiary/aromatic N) is 1. The quantitative estimate of drug-likeness (QED) is 0.522. The highest BCUT2D eigenvalue weighted by molar-refractivity contribution is 6.04. The third-order valence-electron chi connectivity index (χ3n) is 5.25. The maximum Gasteiger partial charge on any atom is 0.339 e. The number of ether oxygens (including phenoxy) is 2. The van der Waals surface area contributed by atoms with Crippen molar-refractivity contribution >= 4 is 23.5 Å². The molecule has 9 heteroatoms. The lowest BCUT2D eigenvalue weighted by Gasteiger charge is -2.26. The molecule has 4 rings (SSSR count). The van der Waals surface area contributed by atoms with Gasteiger partial charge in [-0.3, -0.25) is 9.59 Å². The molecule has 0 bridgehead atoms. The van der Waals surface area contributed by atoms with Gasteiger partial charge in [0.1, 0.15) is 5.56 Å². The predicted molar refractivity (Wildman–Crippen MR) is 116 cm³/mol. The van der Waals surface area contributed by atoms with Crippen molar-refractivity contribution in [2.24, 2.45) is 5.73 Å². The average Bonchev–Trinajstić information content (AvgIpc) is 3.17. The fourth-order valence-corrected chi connectivity index (χ4v) is 3.88. The van der Waals surface area contributed by atoms with Crippen LogP contribution < -0.4 is 20.5 Å². The van der Waals surface area contributed by atoms with E-state index in [-0.39, 0.29) is 30.2 Å². The molecule has 0 radical (unpaired) electrons. The number of hydrogen-bond donors (Lipinski definition) is 3. The minimum atomic E-state index is -1.13. The highest BCUT2D eigenvalue weighted by Crippen LogP contribution is 2.43. The fraction of sp³-hybridized carbons (Fsp3) is 0.174. The molecule has 1 aliphatic rings. The number of nitrogens with two attached hydrogens (primary N) is 1. The Labute approximate surface area is 183 Å². The lowest BCUT2D eigenvalue weighted by molar-refractivity contribution is -0.120. The van der Waals surface area contributed by atoms with Crippen LogP contribution in [0.3, 0.4) is 0 Å². The van der Waals surface area contributed by atoms with Crippen LogP contribution in [0.2, 0.25) is 0 Å². The highest BCUT2D eigenvalue weighted by Gasteiger charge is 2.34. The van der Waals surface area contributed by atoms with Crippen molar-refractivity contribution in [1.29, 1.82) is 0 Å². The zero-order chi connectivity index (χ0) is 22.8. The van der Waals surface area contributed by atoms with Crippen molar-refractivity contribution in [2.75, 3.05) is 19.0 Å². The number of carbonyl (C=O) groups excluding carboxylic acids is 2. The lowest BCUT2D eigenvalue weighted by Crippen LogP contribution is -2.25. The maximum atomic E-state index is 12.5. The number of carboxylic acids is 1. The van der Waals surface area contributed by atoms with Crippen LogP contribution in [0.4, 0.5) is 5.69 Å². The van der Waals surface area contributed by atoms with E-state index in [1.807, 2.05) is 30.3 Å². The molecular formula is C23H21N3O6. The molecule has 9 nitrogen and oxygen atoms in total. The SMILES string of the molecule is COc1cc([C@H]2CC(=O)Nc3c(C(=O)O)cn(-c4ccccc4)c32)ccc1OCC(N)=O. The standard InChI is InChI=1S/C23H21N3O6/c1-31-18-9-13(7-8-17(18)32-12-19(24)27)15-10-20(28)25-21-16(23(29)30)11-26(22(15)21)14-5-3-2-4-6-14/h2-9,11,15H,10,12H2,1H3,(H2,24,27)(H,25,28)(H,29,30)/t15-/m1/s1. The number of fused-ring (bicyclic) bond motifs is 1. The van der Waals surface area contributed by atoms with Crippen LogP contribution in [-0.4, -0.2) is 41.2 Å². The van der Waals surface area contributed by atoms with Crippen molar-refractivity contribution < 1.29 is 29.0 Å². The van der Waals surface area contributed by atoms with Gasteiger partial charge in [0.25, 0.3) is 5.91 Å². The molecule has 2 amide bonds. The third kappa shape index (κ3) is 3.87. The van der Waals surface area contributed by atoms with Crippen LogP contribution >= 0.6 is 0 Å². The number of anilines is 1. The van der Waals surface area contributed by atoms with Crippen molar-refractivity contribution in [3.8, 4) is 17.2 Å². The predicted octanol–water partition coefficient (Wildman–Crippen LogP) is 2.52. The van der Waals surface area contributed by atoms with Gasteiger partial charge in [0.05, 0.1) is 18.5 Å². The van der Waals surface area contributed by atoms with Crippen molar-refractivity contribution in [2.45, 2.75) is 12.3 Å². The van der Waals surface area contributed by atoms with Gasteiger partial charge < -0.3 is 30.2 Å².